The molecule has 8 nitrogen and oxygen atoms in total. The summed E-state index contributed by atoms with van der Waals surface area (Å²) >= 11 is 3.02. The molecule has 10 heteroatoms. The van der Waals surface area contributed by atoms with Gasteiger partial charge in [0, 0.05) is 31.7 Å². The lowest BCUT2D eigenvalue weighted by Crippen LogP contribution is -2.48. The topological polar surface area (TPSA) is 107 Å². The van der Waals surface area contributed by atoms with E-state index in [1.807, 2.05) is 17.2 Å². The number of rotatable bonds is 11. The largest absolute Gasteiger partial charge is 0.379 e. The number of likely N-dealkylation sites (tertiary alicyclic amines) is 1. The molecule has 218 valence electrons. The number of thiazole rings is 1. The van der Waals surface area contributed by atoms with Gasteiger partial charge < -0.3 is 20.6 Å². The molecule has 41 heavy (non-hydrogen) atoms. The summed E-state index contributed by atoms with van der Waals surface area (Å²) in [5.74, 6) is 1.03. The summed E-state index contributed by atoms with van der Waals surface area (Å²) in [5, 5.41) is 21.5. The van der Waals surface area contributed by atoms with E-state index in [0.717, 1.165) is 59.2 Å². The maximum atomic E-state index is 13.0. The van der Waals surface area contributed by atoms with Crippen molar-refractivity contribution in [3.8, 4) is 10.4 Å². The van der Waals surface area contributed by atoms with Crippen LogP contribution >= 0.6 is 22.7 Å². The fourth-order valence-corrected chi connectivity index (χ4v) is 7.90. The van der Waals surface area contributed by atoms with Gasteiger partial charge in [0.25, 0.3) is 5.91 Å². The normalized spacial score (nSPS) is 20.3. The Morgan fingerprint density at radius 3 is 2.61 bits per heavy atom. The monoisotopic (exact) mass is 593 g/mol. The lowest BCUT2D eigenvalue weighted by molar-refractivity contribution is -0.117. The molecule has 2 saturated heterocycles. The third-order valence-electron chi connectivity index (χ3n) is 8.58. The smallest absolute Gasteiger partial charge is 0.264 e. The van der Waals surface area contributed by atoms with Gasteiger partial charge in [0.1, 0.15) is 6.23 Å². The third-order valence-corrected chi connectivity index (χ3v) is 10.8. The Morgan fingerprint density at radius 2 is 1.85 bits per heavy atom. The number of nitrogens with one attached hydrogen (secondary N) is 3. The molecule has 2 amide bonds. The molecule has 3 aliphatic rings. The standard InChI is InChI=1S/C31H39N5O3S2/c37-27(13-9-20-4-1-2-5-20)33-16-21-7-10-22(11-8-21)26-17-34-30(41-26)23-18-36(19-23)31(39)25-12-14-28(40-25)35-29(38)24-6-3-15-32-24/h7-8,10-12,14,17,20,23-24,27,32-33,37H,1-6,9,13,15-16,18-19H2,(H,35,38)/t24-,27?/m0/s1. The molecule has 0 radical (unpaired) electrons. The summed E-state index contributed by atoms with van der Waals surface area (Å²) < 4.78 is 0. The lowest BCUT2D eigenvalue weighted by atomic mass is 10.0. The van der Waals surface area contributed by atoms with Gasteiger partial charge in [-0.05, 0) is 61.4 Å². The van der Waals surface area contributed by atoms with Crippen LogP contribution in [0.25, 0.3) is 10.4 Å². The number of carbonyl (C=O) groups excluding carboxylic acids is 2. The number of aliphatic hydroxyl groups excluding tert-OH is 1. The van der Waals surface area contributed by atoms with Gasteiger partial charge in [0.15, 0.2) is 0 Å². The number of nitrogens with zero attached hydrogens (tertiary/aromatic N) is 2. The van der Waals surface area contributed by atoms with E-state index in [9.17, 15) is 14.7 Å². The van der Waals surface area contributed by atoms with E-state index in [1.54, 1.807) is 17.4 Å². The van der Waals surface area contributed by atoms with Crippen LogP contribution in [0.5, 0.6) is 0 Å². The van der Waals surface area contributed by atoms with E-state index in [-0.39, 0.29) is 23.8 Å². The molecule has 0 spiro atoms. The van der Waals surface area contributed by atoms with Crippen molar-refractivity contribution < 1.29 is 14.7 Å². The fraction of sp³-hybridized carbons (Fsp3) is 0.516. The Kier molecular flexibility index (Phi) is 9.12. The minimum atomic E-state index is -0.449. The summed E-state index contributed by atoms with van der Waals surface area (Å²) in [5.41, 5.74) is 2.28. The van der Waals surface area contributed by atoms with Gasteiger partial charge in [-0.25, -0.2) is 4.98 Å². The van der Waals surface area contributed by atoms with Gasteiger partial charge in [-0.2, -0.15) is 0 Å². The minimum absolute atomic E-state index is 0.00960. The Balaban J connectivity index is 0.950. The zero-order valence-corrected chi connectivity index (χ0v) is 24.9. The number of hydrogen-bond acceptors (Lipinski definition) is 8. The third kappa shape index (κ3) is 7.06. The SMILES string of the molecule is O=C(Nc1ccc(C(=O)N2CC(c3ncc(-c4ccc(CNC(O)CCC5CCCC5)cc4)s3)C2)s1)[C@@H]1CCCN1. The predicted molar refractivity (Wildman–Crippen MR) is 164 cm³/mol. The van der Waals surface area contributed by atoms with Crippen molar-refractivity contribution in [3.63, 3.8) is 0 Å². The fourth-order valence-electron chi connectivity index (χ4n) is 6.02. The summed E-state index contributed by atoms with van der Waals surface area (Å²) in [4.78, 5) is 33.6. The molecule has 2 atom stereocenters. The summed E-state index contributed by atoms with van der Waals surface area (Å²) in [6.45, 7) is 2.84. The first-order valence-corrected chi connectivity index (χ1v) is 16.5. The Labute approximate surface area is 249 Å². The maximum absolute atomic E-state index is 13.0. The lowest BCUT2D eigenvalue weighted by Gasteiger charge is -2.37. The van der Waals surface area contributed by atoms with Crippen LogP contribution in [-0.2, 0) is 11.3 Å². The van der Waals surface area contributed by atoms with Gasteiger partial charge in [-0.1, -0.05) is 49.9 Å². The van der Waals surface area contributed by atoms with Gasteiger partial charge in [-0.3, -0.25) is 14.9 Å². The Morgan fingerprint density at radius 1 is 1.05 bits per heavy atom. The highest BCUT2D eigenvalue weighted by molar-refractivity contribution is 7.18. The molecule has 4 N–H and O–H groups in total. The summed E-state index contributed by atoms with van der Waals surface area (Å²) in [7, 11) is 0. The quantitative estimate of drug-likeness (QED) is 0.228. The van der Waals surface area contributed by atoms with E-state index in [2.05, 4.69) is 45.2 Å². The van der Waals surface area contributed by atoms with Crippen LogP contribution in [0.2, 0.25) is 0 Å². The molecule has 6 rings (SSSR count). The molecule has 3 fully saturated rings. The van der Waals surface area contributed by atoms with Crippen LogP contribution in [-0.4, -0.2) is 58.7 Å². The zero-order chi connectivity index (χ0) is 28.2. The van der Waals surface area contributed by atoms with E-state index in [4.69, 9.17) is 0 Å². The number of aromatic nitrogens is 1. The number of aliphatic hydroxyl groups is 1. The first kappa shape index (κ1) is 28.5. The predicted octanol–water partition coefficient (Wildman–Crippen LogP) is 5.18. The number of anilines is 1. The average molecular weight is 594 g/mol. The van der Waals surface area contributed by atoms with E-state index in [0.29, 0.717) is 29.5 Å². The number of thiophene rings is 1. The second kappa shape index (κ2) is 13.1. The molecule has 4 heterocycles. The van der Waals surface area contributed by atoms with E-state index in [1.165, 1.54) is 37.0 Å². The highest BCUT2D eigenvalue weighted by Gasteiger charge is 2.35. The molecule has 1 aromatic carbocycles. The van der Waals surface area contributed by atoms with E-state index >= 15 is 0 Å². The van der Waals surface area contributed by atoms with Crippen LogP contribution in [0.3, 0.4) is 0 Å². The summed E-state index contributed by atoms with van der Waals surface area (Å²) in [6, 6.07) is 11.9. The van der Waals surface area contributed by atoms with Crippen molar-refractivity contribution >= 4 is 39.5 Å². The molecule has 3 aromatic rings. The van der Waals surface area contributed by atoms with Gasteiger partial charge in [0.2, 0.25) is 5.91 Å². The highest BCUT2D eigenvalue weighted by Crippen LogP contribution is 2.36. The van der Waals surface area contributed by atoms with Crippen molar-refractivity contribution in [1.82, 2.24) is 20.5 Å². The summed E-state index contributed by atoms with van der Waals surface area (Å²) in [6.07, 6.45) is 10.6. The zero-order valence-electron chi connectivity index (χ0n) is 23.3. The highest BCUT2D eigenvalue weighted by atomic mass is 32.1. The van der Waals surface area contributed by atoms with Crippen molar-refractivity contribution in [3.05, 3.63) is 58.0 Å². The van der Waals surface area contributed by atoms with Crippen molar-refractivity contribution in [1.29, 1.82) is 0 Å². The van der Waals surface area contributed by atoms with Gasteiger partial charge in [-0.15, -0.1) is 22.7 Å². The van der Waals surface area contributed by atoms with Gasteiger partial charge in [0.05, 0.1) is 25.8 Å². The molecular weight excluding hydrogens is 555 g/mol. The molecule has 1 saturated carbocycles. The molecule has 0 bridgehead atoms. The number of carbonyl (C=O) groups is 2. The first-order chi connectivity index (χ1) is 20.0. The molecule has 1 unspecified atom stereocenters. The number of benzene rings is 1. The van der Waals surface area contributed by atoms with Gasteiger partial charge >= 0.3 is 0 Å². The first-order valence-electron chi connectivity index (χ1n) is 14.9. The second-order valence-corrected chi connectivity index (χ2v) is 13.7. The number of hydrogen-bond donors (Lipinski definition) is 4. The van der Waals surface area contributed by atoms with Crippen LogP contribution in [0, 0.1) is 5.92 Å². The molecule has 1 aliphatic carbocycles. The van der Waals surface area contributed by atoms with Crippen molar-refractivity contribution in [2.24, 2.45) is 5.92 Å². The molecular formula is C31H39N5O3S2. The van der Waals surface area contributed by atoms with Crippen LogP contribution < -0.4 is 16.0 Å². The molecule has 2 aromatic heterocycles. The van der Waals surface area contributed by atoms with Crippen LogP contribution in [0.4, 0.5) is 5.00 Å². The molecule has 2 aliphatic heterocycles. The Hall–Kier alpha value is -2.63. The van der Waals surface area contributed by atoms with Crippen molar-refractivity contribution in [2.75, 3.05) is 25.0 Å². The number of amides is 2. The van der Waals surface area contributed by atoms with Crippen LogP contribution in [0.15, 0.2) is 42.6 Å². The van der Waals surface area contributed by atoms with E-state index < -0.39 is 6.23 Å². The minimum Gasteiger partial charge on any atom is -0.379 e. The van der Waals surface area contributed by atoms with Crippen molar-refractivity contribution in [2.45, 2.75) is 76.1 Å². The second-order valence-electron chi connectivity index (χ2n) is 11.6. The average Bonchev–Trinajstić information content (AvgIpc) is 3.78. The maximum Gasteiger partial charge on any atom is 0.264 e. The Bertz CT molecular complexity index is 1320. The van der Waals surface area contributed by atoms with Crippen LogP contribution in [0.1, 0.15) is 77.5 Å².